The summed E-state index contributed by atoms with van der Waals surface area (Å²) in [5.41, 5.74) is 0.700. The lowest BCUT2D eigenvalue weighted by atomic mass is 10.2. The van der Waals surface area contributed by atoms with Crippen molar-refractivity contribution in [3.63, 3.8) is 0 Å². The number of carbonyl (C=O) groups is 1. The monoisotopic (exact) mass is 222 g/mol. The average Bonchev–Trinajstić information content (AvgIpc) is 2.66. The van der Waals surface area contributed by atoms with E-state index in [0.29, 0.717) is 10.8 Å². The Labute approximate surface area is 93.7 Å². The van der Waals surface area contributed by atoms with Crippen LogP contribution in [0.2, 0.25) is 0 Å². The Hall–Kier alpha value is -0.800. The molecule has 0 spiro atoms. The van der Waals surface area contributed by atoms with Crippen molar-refractivity contribution >= 4 is 18.0 Å². The van der Waals surface area contributed by atoms with E-state index in [9.17, 15) is 9.90 Å². The van der Waals surface area contributed by atoms with Crippen LogP contribution >= 0.6 is 11.8 Å². The standard InChI is InChI=1S/C12H14O2S/c13-8-9-4-6-10(7-5-9)15-12-3-1-2-11(12)14/h4-8,11-12,14H,1-3H2. The number of aliphatic hydroxyl groups excluding tert-OH is 1. The molecule has 1 aromatic carbocycles. The molecule has 1 N–H and O–H groups in total. The van der Waals surface area contributed by atoms with Crippen LogP contribution in [0, 0.1) is 0 Å². The Bertz CT molecular complexity index is 334. The molecule has 0 radical (unpaired) electrons. The predicted molar refractivity (Wildman–Crippen MR) is 61.3 cm³/mol. The van der Waals surface area contributed by atoms with Crippen LogP contribution in [0.25, 0.3) is 0 Å². The Morgan fingerprint density at radius 2 is 2.00 bits per heavy atom. The number of aldehydes is 1. The van der Waals surface area contributed by atoms with Gasteiger partial charge in [0.25, 0.3) is 0 Å². The van der Waals surface area contributed by atoms with Crippen LogP contribution in [0.15, 0.2) is 29.2 Å². The maximum atomic E-state index is 10.5. The van der Waals surface area contributed by atoms with Crippen LogP contribution in [-0.4, -0.2) is 22.7 Å². The molecule has 0 aromatic heterocycles. The van der Waals surface area contributed by atoms with Gasteiger partial charge in [-0.05, 0) is 31.4 Å². The first-order valence-corrected chi connectivity index (χ1v) is 6.07. The highest BCUT2D eigenvalue weighted by Crippen LogP contribution is 2.34. The fourth-order valence-electron chi connectivity index (χ4n) is 1.84. The quantitative estimate of drug-likeness (QED) is 0.798. The normalized spacial score (nSPS) is 25.4. The molecule has 0 heterocycles. The smallest absolute Gasteiger partial charge is 0.150 e. The lowest BCUT2D eigenvalue weighted by Crippen LogP contribution is -2.14. The first kappa shape index (κ1) is 10.7. The Morgan fingerprint density at radius 1 is 1.27 bits per heavy atom. The van der Waals surface area contributed by atoms with Gasteiger partial charge in [0.15, 0.2) is 0 Å². The van der Waals surface area contributed by atoms with Gasteiger partial charge < -0.3 is 5.11 Å². The van der Waals surface area contributed by atoms with E-state index in [1.54, 1.807) is 11.8 Å². The van der Waals surface area contributed by atoms with Gasteiger partial charge >= 0.3 is 0 Å². The molecule has 80 valence electrons. The first-order valence-electron chi connectivity index (χ1n) is 5.19. The fourth-order valence-corrected chi connectivity index (χ4v) is 3.06. The molecule has 1 aliphatic rings. The molecular weight excluding hydrogens is 208 g/mol. The zero-order chi connectivity index (χ0) is 10.7. The molecule has 2 nitrogen and oxygen atoms in total. The van der Waals surface area contributed by atoms with Crippen molar-refractivity contribution in [3.05, 3.63) is 29.8 Å². The summed E-state index contributed by atoms with van der Waals surface area (Å²) in [7, 11) is 0. The van der Waals surface area contributed by atoms with Gasteiger partial charge in [-0.25, -0.2) is 0 Å². The summed E-state index contributed by atoms with van der Waals surface area (Å²) in [5, 5.41) is 10.0. The molecule has 3 heteroatoms. The highest BCUT2D eigenvalue weighted by Gasteiger charge is 2.25. The van der Waals surface area contributed by atoms with E-state index in [1.807, 2.05) is 24.3 Å². The van der Waals surface area contributed by atoms with Gasteiger partial charge in [0, 0.05) is 15.7 Å². The summed E-state index contributed by atoms with van der Waals surface area (Å²) in [6.45, 7) is 0. The van der Waals surface area contributed by atoms with Crippen molar-refractivity contribution in [2.75, 3.05) is 0 Å². The molecule has 1 aliphatic carbocycles. The molecule has 2 rings (SSSR count). The molecule has 1 aromatic rings. The van der Waals surface area contributed by atoms with Crippen LogP contribution < -0.4 is 0 Å². The summed E-state index contributed by atoms with van der Waals surface area (Å²) >= 11 is 1.71. The van der Waals surface area contributed by atoms with E-state index in [0.717, 1.165) is 30.4 Å². The summed E-state index contributed by atoms with van der Waals surface area (Å²) in [5.74, 6) is 0. The molecule has 2 atom stereocenters. The van der Waals surface area contributed by atoms with Crippen molar-refractivity contribution in [2.24, 2.45) is 0 Å². The Morgan fingerprint density at radius 3 is 2.53 bits per heavy atom. The number of hydrogen-bond acceptors (Lipinski definition) is 3. The third kappa shape index (κ3) is 2.61. The summed E-state index contributed by atoms with van der Waals surface area (Å²) in [6, 6.07) is 7.52. The minimum Gasteiger partial charge on any atom is -0.392 e. The lowest BCUT2D eigenvalue weighted by Gasteiger charge is -2.13. The second-order valence-corrected chi connectivity index (χ2v) is 5.15. The van der Waals surface area contributed by atoms with E-state index in [-0.39, 0.29) is 6.10 Å². The SMILES string of the molecule is O=Cc1ccc(SC2CCCC2O)cc1. The van der Waals surface area contributed by atoms with Crippen LogP contribution in [-0.2, 0) is 0 Å². The topological polar surface area (TPSA) is 37.3 Å². The van der Waals surface area contributed by atoms with E-state index < -0.39 is 0 Å². The summed E-state index contributed by atoms with van der Waals surface area (Å²) in [4.78, 5) is 11.6. The van der Waals surface area contributed by atoms with Crippen molar-refractivity contribution in [1.82, 2.24) is 0 Å². The molecule has 2 unspecified atom stereocenters. The van der Waals surface area contributed by atoms with E-state index in [1.165, 1.54) is 0 Å². The van der Waals surface area contributed by atoms with Gasteiger partial charge in [0.1, 0.15) is 6.29 Å². The molecule has 15 heavy (non-hydrogen) atoms. The van der Waals surface area contributed by atoms with Crippen LogP contribution in [0.1, 0.15) is 29.6 Å². The van der Waals surface area contributed by atoms with Crippen LogP contribution in [0.4, 0.5) is 0 Å². The van der Waals surface area contributed by atoms with E-state index in [4.69, 9.17) is 0 Å². The maximum Gasteiger partial charge on any atom is 0.150 e. The lowest BCUT2D eigenvalue weighted by molar-refractivity contribution is 0.112. The molecule has 0 bridgehead atoms. The second-order valence-electron chi connectivity index (χ2n) is 3.84. The van der Waals surface area contributed by atoms with Gasteiger partial charge in [-0.1, -0.05) is 12.1 Å². The van der Waals surface area contributed by atoms with Crippen molar-refractivity contribution in [2.45, 2.75) is 35.5 Å². The molecule has 0 saturated heterocycles. The van der Waals surface area contributed by atoms with Crippen molar-refractivity contribution < 1.29 is 9.90 Å². The first-order chi connectivity index (χ1) is 7.29. The van der Waals surface area contributed by atoms with Crippen molar-refractivity contribution in [3.8, 4) is 0 Å². The largest absolute Gasteiger partial charge is 0.392 e. The van der Waals surface area contributed by atoms with Gasteiger partial charge in [-0.3, -0.25) is 4.79 Å². The Balaban J connectivity index is 2.01. The number of thioether (sulfide) groups is 1. The number of hydrogen-bond donors (Lipinski definition) is 1. The van der Waals surface area contributed by atoms with Gasteiger partial charge in [-0.2, -0.15) is 0 Å². The number of benzene rings is 1. The predicted octanol–water partition coefficient (Wildman–Crippen LogP) is 2.50. The summed E-state index contributed by atoms with van der Waals surface area (Å²) in [6.07, 6.45) is 3.80. The van der Waals surface area contributed by atoms with Crippen LogP contribution in [0.3, 0.4) is 0 Å². The Kier molecular flexibility index (Phi) is 3.44. The minimum absolute atomic E-state index is 0.166. The molecular formula is C12H14O2S. The van der Waals surface area contributed by atoms with Gasteiger partial charge in [-0.15, -0.1) is 11.8 Å². The third-order valence-corrected chi connectivity index (χ3v) is 4.12. The number of carbonyl (C=O) groups excluding carboxylic acids is 1. The highest BCUT2D eigenvalue weighted by molar-refractivity contribution is 8.00. The minimum atomic E-state index is -0.166. The molecule has 0 amide bonds. The molecule has 1 fully saturated rings. The van der Waals surface area contributed by atoms with Gasteiger partial charge in [0.2, 0.25) is 0 Å². The molecule has 0 aliphatic heterocycles. The second kappa shape index (κ2) is 4.81. The zero-order valence-electron chi connectivity index (χ0n) is 8.43. The van der Waals surface area contributed by atoms with Gasteiger partial charge in [0.05, 0.1) is 6.10 Å². The fraction of sp³-hybridized carbons (Fsp3) is 0.417. The van der Waals surface area contributed by atoms with E-state index >= 15 is 0 Å². The number of rotatable bonds is 3. The summed E-state index contributed by atoms with van der Waals surface area (Å²) < 4.78 is 0. The molecule has 1 saturated carbocycles. The highest BCUT2D eigenvalue weighted by atomic mass is 32.2. The zero-order valence-corrected chi connectivity index (χ0v) is 9.24. The average molecular weight is 222 g/mol. The van der Waals surface area contributed by atoms with E-state index in [2.05, 4.69) is 0 Å². The van der Waals surface area contributed by atoms with Crippen molar-refractivity contribution in [1.29, 1.82) is 0 Å². The maximum absolute atomic E-state index is 10.5. The number of aliphatic hydroxyl groups is 1. The third-order valence-electron chi connectivity index (χ3n) is 2.72. The van der Waals surface area contributed by atoms with Crippen LogP contribution in [0.5, 0.6) is 0 Å².